The highest BCUT2D eigenvalue weighted by Crippen LogP contribution is 2.22. The second-order valence-electron chi connectivity index (χ2n) is 4.47. The first-order valence-corrected chi connectivity index (χ1v) is 6.36. The van der Waals surface area contributed by atoms with Gasteiger partial charge in [-0.2, -0.15) is 0 Å². The number of aromatic nitrogens is 3. The van der Waals surface area contributed by atoms with E-state index in [-0.39, 0.29) is 6.61 Å². The van der Waals surface area contributed by atoms with Crippen LogP contribution in [-0.4, -0.2) is 27.8 Å². The molecule has 0 amide bonds. The molecule has 0 aliphatic heterocycles. The molecule has 0 saturated carbocycles. The van der Waals surface area contributed by atoms with Gasteiger partial charge in [-0.05, 0) is 30.7 Å². The lowest BCUT2D eigenvalue weighted by atomic mass is 10.2. The van der Waals surface area contributed by atoms with E-state index in [1.807, 2.05) is 35.9 Å². The fraction of sp³-hybridized carbons (Fsp3) is 0.200. The summed E-state index contributed by atoms with van der Waals surface area (Å²) in [5.74, 6) is 1.40. The number of ether oxygens (including phenoxy) is 1. The van der Waals surface area contributed by atoms with Gasteiger partial charge in [0, 0.05) is 17.8 Å². The van der Waals surface area contributed by atoms with Crippen LogP contribution in [0, 0.1) is 6.92 Å². The molecule has 102 valence electrons. The van der Waals surface area contributed by atoms with Crippen molar-refractivity contribution in [1.82, 2.24) is 14.5 Å². The van der Waals surface area contributed by atoms with Gasteiger partial charge in [0.15, 0.2) is 0 Å². The van der Waals surface area contributed by atoms with Crippen LogP contribution in [0.25, 0.3) is 16.7 Å². The molecular weight excluding hydrogens is 257 g/mol. The number of aryl methyl sites for hydroxylation is 1. The van der Waals surface area contributed by atoms with Crippen molar-refractivity contribution < 1.29 is 9.13 Å². The largest absolute Gasteiger partial charge is 0.489 e. The molecule has 0 saturated heterocycles. The Hall–Kier alpha value is -2.43. The fourth-order valence-corrected chi connectivity index (χ4v) is 2.13. The number of pyridine rings is 2. The van der Waals surface area contributed by atoms with Crippen molar-refractivity contribution in [3.63, 3.8) is 0 Å². The standard InChI is InChI=1S/C15H14FN3O/c1-11-8-15(18-10-14(11)20-7-4-16)19-6-3-12-2-5-17-9-13(12)19/h2-3,5-6,8-10H,4,7H2,1H3. The molecule has 3 rings (SSSR count). The minimum Gasteiger partial charge on any atom is -0.489 e. The molecule has 0 aliphatic rings. The van der Waals surface area contributed by atoms with Crippen LogP contribution in [0.1, 0.15) is 5.56 Å². The fourth-order valence-electron chi connectivity index (χ4n) is 2.13. The molecule has 5 heteroatoms. The molecule has 3 aromatic rings. The van der Waals surface area contributed by atoms with Gasteiger partial charge in [0.05, 0.1) is 17.9 Å². The quantitative estimate of drug-likeness (QED) is 0.732. The Kier molecular flexibility index (Phi) is 3.33. The third kappa shape index (κ3) is 2.22. The van der Waals surface area contributed by atoms with Gasteiger partial charge in [-0.1, -0.05) is 0 Å². The first-order valence-electron chi connectivity index (χ1n) is 6.36. The van der Waals surface area contributed by atoms with Crippen LogP contribution < -0.4 is 4.74 Å². The molecule has 0 radical (unpaired) electrons. The number of rotatable bonds is 4. The van der Waals surface area contributed by atoms with Crippen LogP contribution in [0.5, 0.6) is 5.75 Å². The maximum Gasteiger partial charge on any atom is 0.140 e. The van der Waals surface area contributed by atoms with Crippen molar-refractivity contribution in [1.29, 1.82) is 0 Å². The number of hydrogen-bond acceptors (Lipinski definition) is 3. The summed E-state index contributed by atoms with van der Waals surface area (Å²) in [4.78, 5) is 8.51. The molecule has 4 nitrogen and oxygen atoms in total. The van der Waals surface area contributed by atoms with E-state index in [0.717, 1.165) is 22.3 Å². The summed E-state index contributed by atoms with van der Waals surface area (Å²) in [6.07, 6.45) is 7.15. The van der Waals surface area contributed by atoms with Gasteiger partial charge in [0.25, 0.3) is 0 Å². The topological polar surface area (TPSA) is 39.9 Å². The molecule has 0 aromatic carbocycles. The minimum absolute atomic E-state index is 0.0538. The van der Waals surface area contributed by atoms with Gasteiger partial charge in [0.1, 0.15) is 24.8 Å². The Bertz CT molecular complexity index is 739. The predicted octanol–water partition coefficient (Wildman–Crippen LogP) is 3.08. The van der Waals surface area contributed by atoms with E-state index in [4.69, 9.17) is 4.74 Å². The van der Waals surface area contributed by atoms with E-state index >= 15 is 0 Å². The highest BCUT2D eigenvalue weighted by molar-refractivity contribution is 5.80. The molecule has 0 spiro atoms. The number of hydrogen-bond donors (Lipinski definition) is 0. The summed E-state index contributed by atoms with van der Waals surface area (Å²) >= 11 is 0. The molecule has 0 unspecified atom stereocenters. The maximum atomic E-state index is 12.1. The summed E-state index contributed by atoms with van der Waals surface area (Å²) in [7, 11) is 0. The van der Waals surface area contributed by atoms with Crippen LogP contribution in [0.4, 0.5) is 4.39 Å². The van der Waals surface area contributed by atoms with E-state index < -0.39 is 6.67 Å². The summed E-state index contributed by atoms with van der Waals surface area (Å²) < 4.78 is 19.4. The molecule has 3 aromatic heterocycles. The molecule has 0 fully saturated rings. The van der Waals surface area contributed by atoms with Crippen molar-refractivity contribution in [2.24, 2.45) is 0 Å². The predicted molar refractivity (Wildman–Crippen MR) is 75.1 cm³/mol. The first kappa shape index (κ1) is 12.6. The summed E-state index contributed by atoms with van der Waals surface area (Å²) in [5, 5.41) is 1.11. The smallest absolute Gasteiger partial charge is 0.140 e. The van der Waals surface area contributed by atoms with Crippen molar-refractivity contribution in [2.75, 3.05) is 13.3 Å². The van der Waals surface area contributed by atoms with Crippen LogP contribution in [-0.2, 0) is 0 Å². The zero-order valence-electron chi connectivity index (χ0n) is 11.1. The Morgan fingerprint density at radius 1 is 1.30 bits per heavy atom. The lowest BCUT2D eigenvalue weighted by Gasteiger charge is -2.10. The van der Waals surface area contributed by atoms with Gasteiger partial charge in [-0.15, -0.1) is 0 Å². The van der Waals surface area contributed by atoms with Crippen LogP contribution in [0.15, 0.2) is 43.0 Å². The molecule has 0 atom stereocenters. The van der Waals surface area contributed by atoms with Gasteiger partial charge in [-0.25, -0.2) is 9.37 Å². The highest BCUT2D eigenvalue weighted by atomic mass is 19.1. The van der Waals surface area contributed by atoms with E-state index in [0.29, 0.717) is 5.75 Å². The number of fused-ring (bicyclic) bond motifs is 1. The van der Waals surface area contributed by atoms with E-state index in [1.54, 1.807) is 18.6 Å². The zero-order valence-corrected chi connectivity index (χ0v) is 11.1. The lowest BCUT2D eigenvalue weighted by molar-refractivity contribution is 0.271. The molecule has 20 heavy (non-hydrogen) atoms. The zero-order chi connectivity index (χ0) is 13.9. The third-order valence-corrected chi connectivity index (χ3v) is 3.13. The Labute approximate surface area is 115 Å². The number of nitrogens with zero attached hydrogens (tertiary/aromatic N) is 3. The molecule has 0 bridgehead atoms. The maximum absolute atomic E-state index is 12.1. The molecule has 3 heterocycles. The Balaban J connectivity index is 2.00. The van der Waals surface area contributed by atoms with E-state index in [2.05, 4.69) is 9.97 Å². The summed E-state index contributed by atoms with van der Waals surface area (Å²) in [6.45, 7) is 1.47. The van der Waals surface area contributed by atoms with Crippen LogP contribution in [0.2, 0.25) is 0 Å². The van der Waals surface area contributed by atoms with Crippen molar-refractivity contribution in [2.45, 2.75) is 6.92 Å². The second-order valence-corrected chi connectivity index (χ2v) is 4.47. The van der Waals surface area contributed by atoms with E-state index in [1.165, 1.54) is 0 Å². The number of halogens is 1. The lowest BCUT2D eigenvalue weighted by Crippen LogP contribution is -2.03. The SMILES string of the molecule is Cc1cc(-n2ccc3ccncc32)ncc1OCCF. The Morgan fingerprint density at radius 3 is 3.00 bits per heavy atom. The normalized spacial score (nSPS) is 10.9. The third-order valence-electron chi connectivity index (χ3n) is 3.13. The van der Waals surface area contributed by atoms with Crippen molar-refractivity contribution in [3.8, 4) is 11.6 Å². The molecule has 0 aliphatic carbocycles. The van der Waals surface area contributed by atoms with Crippen LogP contribution >= 0.6 is 0 Å². The number of alkyl halides is 1. The van der Waals surface area contributed by atoms with Gasteiger partial charge >= 0.3 is 0 Å². The minimum atomic E-state index is -0.505. The van der Waals surface area contributed by atoms with Gasteiger partial charge in [-0.3, -0.25) is 9.55 Å². The summed E-state index contributed by atoms with van der Waals surface area (Å²) in [5.41, 5.74) is 1.92. The highest BCUT2D eigenvalue weighted by Gasteiger charge is 2.07. The molecular formula is C15H14FN3O. The van der Waals surface area contributed by atoms with Crippen LogP contribution in [0.3, 0.4) is 0 Å². The monoisotopic (exact) mass is 271 g/mol. The van der Waals surface area contributed by atoms with Gasteiger partial charge < -0.3 is 4.74 Å². The average molecular weight is 271 g/mol. The van der Waals surface area contributed by atoms with Gasteiger partial charge in [0.2, 0.25) is 0 Å². The summed E-state index contributed by atoms with van der Waals surface area (Å²) in [6, 6.07) is 5.89. The first-order chi connectivity index (χ1) is 9.79. The average Bonchev–Trinajstić information content (AvgIpc) is 2.90. The van der Waals surface area contributed by atoms with Crippen molar-refractivity contribution >= 4 is 10.9 Å². The molecule has 0 N–H and O–H groups in total. The second kappa shape index (κ2) is 5.28. The van der Waals surface area contributed by atoms with E-state index in [9.17, 15) is 4.39 Å². The Morgan fingerprint density at radius 2 is 2.20 bits per heavy atom. The van der Waals surface area contributed by atoms with Crippen molar-refractivity contribution in [3.05, 3.63) is 48.5 Å².